The van der Waals surface area contributed by atoms with Crippen molar-refractivity contribution in [2.45, 2.75) is 18.1 Å². The molecule has 1 aliphatic rings. The third-order valence-corrected chi connectivity index (χ3v) is 5.52. The fourth-order valence-corrected chi connectivity index (χ4v) is 4.29. The van der Waals surface area contributed by atoms with Crippen LogP contribution in [0.25, 0.3) is 0 Å². The molecule has 120 valence electrons. The highest BCUT2D eigenvalue weighted by Crippen LogP contribution is 2.41. The first-order valence-corrected chi connectivity index (χ1v) is 8.87. The van der Waals surface area contributed by atoms with Gasteiger partial charge in [0.1, 0.15) is 5.37 Å². The van der Waals surface area contributed by atoms with E-state index in [4.69, 9.17) is 0 Å². The molecular formula is C19H17N3OS. The van der Waals surface area contributed by atoms with Gasteiger partial charge in [0.2, 0.25) is 0 Å². The van der Waals surface area contributed by atoms with Crippen LogP contribution in [0.15, 0.2) is 61.1 Å². The van der Waals surface area contributed by atoms with Crippen molar-refractivity contribution in [1.82, 2.24) is 9.55 Å². The molecule has 0 saturated heterocycles. The van der Waals surface area contributed by atoms with E-state index < -0.39 is 0 Å². The summed E-state index contributed by atoms with van der Waals surface area (Å²) in [5.74, 6) is 0.772. The number of hydrogen-bond acceptors (Lipinski definition) is 3. The molecule has 1 aromatic carbocycles. The maximum Gasteiger partial charge on any atom is 0.257 e. The summed E-state index contributed by atoms with van der Waals surface area (Å²) in [4.78, 5) is 16.9. The Morgan fingerprint density at radius 2 is 2.12 bits per heavy atom. The predicted octanol–water partition coefficient (Wildman–Crippen LogP) is 4.24. The van der Waals surface area contributed by atoms with E-state index in [1.54, 1.807) is 6.20 Å². The summed E-state index contributed by atoms with van der Waals surface area (Å²) in [6.07, 6.45) is 5.67. The van der Waals surface area contributed by atoms with Crippen molar-refractivity contribution < 1.29 is 4.79 Å². The van der Waals surface area contributed by atoms with Crippen molar-refractivity contribution in [3.63, 3.8) is 0 Å². The van der Waals surface area contributed by atoms with E-state index in [9.17, 15) is 4.79 Å². The molecule has 1 N–H and O–H groups in total. The lowest BCUT2D eigenvalue weighted by molar-refractivity contribution is 0.102. The molecule has 1 atom stereocenters. The van der Waals surface area contributed by atoms with Crippen LogP contribution in [0.1, 0.15) is 32.6 Å². The number of thioether (sulfide) groups is 1. The van der Waals surface area contributed by atoms with Crippen LogP contribution in [0.4, 0.5) is 5.69 Å². The van der Waals surface area contributed by atoms with Gasteiger partial charge in [0.15, 0.2) is 0 Å². The Morgan fingerprint density at radius 1 is 1.25 bits per heavy atom. The molecule has 5 heteroatoms. The number of benzene rings is 1. The molecule has 1 unspecified atom stereocenters. The topological polar surface area (TPSA) is 46.9 Å². The van der Waals surface area contributed by atoms with Gasteiger partial charge in [-0.05, 0) is 30.7 Å². The molecule has 3 aromatic rings. The fourth-order valence-electron chi connectivity index (χ4n) is 2.98. The van der Waals surface area contributed by atoms with Gasteiger partial charge in [-0.25, -0.2) is 0 Å². The summed E-state index contributed by atoms with van der Waals surface area (Å²) in [6.45, 7) is 1.99. The second-order valence-corrected chi connectivity index (χ2v) is 6.87. The molecule has 0 fully saturated rings. The Bertz CT molecular complexity index is 889. The van der Waals surface area contributed by atoms with E-state index in [0.29, 0.717) is 0 Å². The summed E-state index contributed by atoms with van der Waals surface area (Å²) in [6, 6.07) is 13.8. The summed E-state index contributed by atoms with van der Waals surface area (Å²) in [5, 5.41) is 3.21. The first-order chi connectivity index (χ1) is 11.7. The van der Waals surface area contributed by atoms with Gasteiger partial charge in [-0.2, -0.15) is 0 Å². The zero-order valence-electron chi connectivity index (χ0n) is 13.3. The number of aromatic nitrogens is 2. The third-order valence-electron chi connectivity index (χ3n) is 4.26. The fraction of sp³-hybridized carbons (Fsp3) is 0.158. The molecule has 3 heterocycles. The number of aryl methyl sites for hydroxylation is 1. The lowest BCUT2D eigenvalue weighted by atomic mass is 10.2. The molecule has 0 saturated carbocycles. The van der Waals surface area contributed by atoms with Gasteiger partial charge in [-0.1, -0.05) is 24.3 Å². The number of nitrogens with one attached hydrogen (secondary N) is 1. The number of rotatable bonds is 3. The number of amides is 1. The van der Waals surface area contributed by atoms with Gasteiger partial charge in [-0.3, -0.25) is 9.78 Å². The van der Waals surface area contributed by atoms with E-state index in [1.807, 2.05) is 67.5 Å². The standard InChI is InChI=1S/C19H17N3OS/c1-13-5-2-3-7-16(13)21-18(23)15-8-10-22-17(15)12-24-19(22)14-6-4-9-20-11-14/h2-11,19H,12H2,1H3,(H,21,23). The highest BCUT2D eigenvalue weighted by molar-refractivity contribution is 7.99. The molecule has 4 rings (SSSR count). The number of anilines is 1. The molecule has 0 bridgehead atoms. The second-order valence-electron chi connectivity index (χ2n) is 5.80. The molecule has 24 heavy (non-hydrogen) atoms. The van der Waals surface area contributed by atoms with E-state index in [-0.39, 0.29) is 11.3 Å². The van der Waals surface area contributed by atoms with Gasteiger partial charge in [0.05, 0.1) is 5.56 Å². The lowest BCUT2D eigenvalue weighted by Crippen LogP contribution is -2.14. The molecule has 0 spiro atoms. The van der Waals surface area contributed by atoms with Gasteiger partial charge in [-0.15, -0.1) is 11.8 Å². The van der Waals surface area contributed by atoms with Crippen LogP contribution in [0.2, 0.25) is 0 Å². The van der Waals surface area contributed by atoms with Crippen molar-refractivity contribution >= 4 is 23.4 Å². The molecule has 2 aromatic heterocycles. The Balaban J connectivity index is 1.61. The first-order valence-electron chi connectivity index (χ1n) is 7.82. The molecule has 1 aliphatic heterocycles. The molecular weight excluding hydrogens is 318 g/mol. The number of para-hydroxylation sites is 1. The minimum atomic E-state index is -0.0505. The highest BCUT2D eigenvalue weighted by Gasteiger charge is 2.28. The van der Waals surface area contributed by atoms with Crippen molar-refractivity contribution in [3.05, 3.63) is 83.4 Å². The molecule has 1 amide bonds. The number of hydrogen-bond donors (Lipinski definition) is 1. The zero-order chi connectivity index (χ0) is 16.5. The van der Waals surface area contributed by atoms with Gasteiger partial charge in [0, 0.05) is 41.3 Å². The molecule has 0 aliphatic carbocycles. The molecule has 0 radical (unpaired) electrons. The lowest BCUT2D eigenvalue weighted by Gasteiger charge is -2.12. The normalized spacial score (nSPS) is 16.0. The van der Waals surface area contributed by atoms with Crippen LogP contribution >= 0.6 is 11.8 Å². The number of nitrogens with zero attached hydrogens (tertiary/aromatic N) is 2. The quantitative estimate of drug-likeness (QED) is 0.779. The van der Waals surface area contributed by atoms with Gasteiger partial charge < -0.3 is 9.88 Å². The van der Waals surface area contributed by atoms with E-state index in [0.717, 1.165) is 33.8 Å². The predicted molar refractivity (Wildman–Crippen MR) is 97.2 cm³/mol. The summed E-state index contributed by atoms with van der Waals surface area (Å²) >= 11 is 1.81. The summed E-state index contributed by atoms with van der Waals surface area (Å²) in [7, 11) is 0. The van der Waals surface area contributed by atoms with Crippen molar-refractivity contribution in [2.24, 2.45) is 0 Å². The number of carbonyl (C=O) groups is 1. The van der Waals surface area contributed by atoms with Crippen LogP contribution in [-0.4, -0.2) is 15.5 Å². The summed E-state index contributed by atoms with van der Waals surface area (Å²) in [5.41, 5.74) is 4.89. The van der Waals surface area contributed by atoms with Crippen LogP contribution < -0.4 is 5.32 Å². The van der Waals surface area contributed by atoms with Gasteiger partial charge >= 0.3 is 0 Å². The monoisotopic (exact) mass is 335 g/mol. The maximum atomic E-state index is 12.7. The number of pyridine rings is 1. The largest absolute Gasteiger partial charge is 0.333 e. The number of fused-ring (bicyclic) bond motifs is 1. The molecule has 4 nitrogen and oxygen atoms in total. The van der Waals surface area contributed by atoms with Crippen molar-refractivity contribution in [2.75, 3.05) is 5.32 Å². The minimum absolute atomic E-state index is 0.0505. The van der Waals surface area contributed by atoms with Crippen LogP contribution in [0, 0.1) is 6.92 Å². The van der Waals surface area contributed by atoms with Crippen LogP contribution in [0.3, 0.4) is 0 Å². The maximum absolute atomic E-state index is 12.7. The smallest absolute Gasteiger partial charge is 0.257 e. The Morgan fingerprint density at radius 3 is 2.92 bits per heavy atom. The first kappa shape index (κ1) is 15.0. The van der Waals surface area contributed by atoms with E-state index in [2.05, 4.69) is 20.9 Å². The van der Waals surface area contributed by atoms with Crippen LogP contribution in [-0.2, 0) is 5.75 Å². The average Bonchev–Trinajstić information content (AvgIpc) is 3.19. The summed E-state index contributed by atoms with van der Waals surface area (Å²) < 4.78 is 2.18. The Labute approximate surface area is 144 Å². The SMILES string of the molecule is Cc1ccccc1NC(=O)c1ccn2c1CSC2c1cccnc1. The zero-order valence-corrected chi connectivity index (χ0v) is 14.1. The minimum Gasteiger partial charge on any atom is -0.333 e. The highest BCUT2D eigenvalue weighted by atomic mass is 32.2. The Kier molecular flexibility index (Phi) is 3.86. The van der Waals surface area contributed by atoms with Crippen molar-refractivity contribution in [1.29, 1.82) is 0 Å². The second kappa shape index (κ2) is 6.17. The van der Waals surface area contributed by atoms with Crippen LogP contribution in [0.5, 0.6) is 0 Å². The van der Waals surface area contributed by atoms with Crippen molar-refractivity contribution in [3.8, 4) is 0 Å². The third kappa shape index (κ3) is 2.61. The van der Waals surface area contributed by atoms with E-state index >= 15 is 0 Å². The van der Waals surface area contributed by atoms with E-state index in [1.165, 1.54) is 0 Å². The average molecular weight is 335 g/mol. The number of carbonyl (C=O) groups excluding carboxylic acids is 1. The van der Waals surface area contributed by atoms with Gasteiger partial charge in [0.25, 0.3) is 5.91 Å². The Hall–Kier alpha value is -2.53.